The molecule has 0 unspecified atom stereocenters. The van der Waals surface area contributed by atoms with Crippen LogP contribution in [0.25, 0.3) is 0 Å². The van der Waals surface area contributed by atoms with Crippen molar-refractivity contribution in [3.05, 3.63) is 16.3 Å². The predicted molar refractivity (Wildman–Crippen MR) is 64.4 cm³/mol. The summed E-state index contributed by atoms with van der Waals surface area (Å²) in [6, 6.07) is 1.85. The van der Waals surface area contributed by atoms with E-state index in [-0.39, 0.29) is 18.4 Å². The highest BCUT2D eigenvalue weighted by Gasteiger charge is 2.05. The lowest BCUT2D eigenvalue weighted by atomic mass is 10.3. The molecule has 2 amide bonds. The minimum Gasteiger partial charge on any atom is -0.358 e. The second-order valence-electron chi connectivity index (χ2n) is 3.22. The van der Waals surface area contributed by atoms with Gasteiger partial charge in [-0.1, -0.05) is 0 Å². The summed E-state index contributed by atoms with van der Waals surface area (Å²) in [4.78, 5) is 22.9. The Morgan fingerprint density at radius 1 is 1.44 bits per heavy atom. The van der Waals surface area contributed by atoms with Gasteiger partial charge in [0.15, 0.2) is 0 Å². The Hall–Kier alpha value is -1.40. The number of rotatable bonds is 5. The highest BCUT2D eigenvalue weighted by atomic mass is 32.1. The van der Waals surface area contributed by atoms with Crippen molar-refractivity contribution in [3.63, 3.8) is 0 Å². The Kier molecular flexibility index (Phi) is 4.94. The van der Waals surface area contributed by atoms with Crippen molar-refractivity contribution >= 4 is 28.8 Å². The number of hydrogen-bond donors (Lipinski definition) is 3. The van der Waals surface area contributed by atoms with Crippen molar-refractivity contribution in [3.8, 4) is 0 Å². The molecule has 88 valence electrons. The maximum atomic E-state index is 11.0. The van der Waals surface area contributed by atoms with E-state index in [9.17, 15) is 9.59 Å². The van der Waals surface area contributed by atoms with E-state index >= 15 is 0 Å². The van der Waals surface area contributed by atoms with Gasteiger partial charge in [-0.15, -0.1) is 11.3 Å². The van der Waals surface area contributed by atoms with Gasteiger partial charge in [-0.25, -0.2) is 0 Å². The molecule has 0 atom stereocenters. The molecule has 1 aromatic heterocycles. The van der Waals surface area contributed by atoms with Crippen molar-refractivity contribution in [1.82, 2.24) is 10.6 Å². The van der Waals surface area contributed by atoms with Crippen molar-refractivity contribution in [2.75, 3.05) is 18.9 Å². The number of likely N-dealkylation sites (N-methyl/N-ethyl adjacent to an activating group) is 1. The van der Waals surface area contributed by atoms with Gasteiger partial charge in [-0.05, 0) is 11.4 Å². The number of anilines is 1. The minimum absolute atomic E-state index is 0.0577. The minimum atomic E-state index is -0.0917. The molecule has 3 N–H and O–H groups in total. The molecular weight excluding hydrogens is 226 g/mol. The highest BCUT2D eigenvalue weighted by molar-refractivity contribution is 7.10. The summed E-state index contributed by atoms with van der Waals surface area (Å²) in [5.74, 6) is -0.149. The van der Waals surface area contributed by atoms with Crippen LogP contribution in [-0.2, 0) is 16.1 Å². The first kappa shape index (κ1) is 12.7. The molecule has 1 heterocycles. The maximum Gasteiger partial charge on any atom is 0.233 e. The molecule has 0 aromatic carbocycles. The normalized spacial score (nSPS) is 9.88. The molecule has 0 bridgehead atoms. The summed E-state index contributed by atoms with van der Waals surface area (Å²) in [6.45, 7) is 2.31. The monoisotopic (exact) mass is 241 g/mol. The smallest absolute Gasteiger partial charge is 0.233 e. The van der Waals surface area contributed by atoms with Gasteiger partial charge >= 0.3 is 0 Å². The number of amides is 2. The predicted octanol–water partition coefficient (Wildman–Crippen LogP) is 0.542. The van der Waals surface area contributed by atoms with Crippen LogP contribution in [0.2, 0.25) is 0 Å². The highest BCUT2D eigenvalue weighted by Crippen LogP contribution is 2.21. The van der Waals surface area contributed by atoms with Gasteiger partial charge < -0.3 is 16.0 Å². The molecule has 5 nitrogen and oxygen atoms in total. The fourth-order valence-corrected chi connectivity index (χ4v) is 1.96. The standard InChI is InChI=1S/C10H15N3O2S/c1-7(14)13-8-3-4-16-9(8)5-12-6-10(15)11-2/h3-4,12H,5-6H2,1-2H3,(H,11,15)(H,13,14). The van der Waals surface area contributed by atoms with Gasteiger partial charge in [-0.3, -0.25) is 9.59 Å². The Morgan fingerprint density at radius 2 is 2.19 bits per heavy atom. The van der Waals surface area contributed by atoms with E-state index in [2.05, 4.69) is 16.0 Å². The summed E-state index contributed by atoms with van der Waals surface area (Å²) in [6.07, 6.45) is 0. The van der Waals surface area contributed by atoms with Crippen LogP contribution in [-0.4, -0.2) is 25.4 Å². The van der Waals surface area contributed by atoms with Crippen molar-refractivity contribution in [2.24, 2.45) is 0 Å². The average molecular weight is 241 g/mol. The Balaban J connectivity index is 2.44. The van der Waals surface area contributed by atoms with Crippen LogP contribution in [0, 0.1) is 0 Å². The zero-order chi connectivity index (χ0) is 12.0. The van der Waals surface area contributed by atoms with E-state index in [4.69, 9.17) is 0 Å². The molecule has 0 aliphatic carbocycles. The molecule has 0 spiro atoms. The number of carbonyl (C=O) groups is 2. The zero-order valence-corrected chi connectivity index (χ0v) is 10.1. The van der Waals surface area contributed by atoms with Crippen LogP contribution < -0.4 is 16.0 Å². The first-order valence-electron chi connectivity index (χ1n) is 4.88. The van der Waals surface area contributed by atoms with E-state index in [0.717, 1.165) is 10.6 Å². The van der Waals surface area contributed by atoms with Crippen molar-refractivity contribution in [2.45, 2.75) is 13.5 Å². The van der Waals surface area contributed by atoms with Crippen molar-refractivity contribution < 1.29 is 9.59 Å². The Morgan fingerprint density at radius 3 is 2.81 bits per heavy atom. The van der Waals surface area contributed by atoms with Crippen LogP contribution >= 0.6 is 11.3 Å². The largest absolute Gasteiger partial charge is 0.358 e. The van der Waals surface area contributed by atoms with Gasteiger partial charge in [0.05, 0.1) is 12.2 Å². The molecular formula is C10H15N3O2S. The number of hydrogen-bond acceptors (Lipinski definition) is 4. The molecule has 16 heavy (non-hydrogen) atoms. The quantitative estimate of drug-likeness (QED) is 0.704. The molecule has 1 rings (SSSR count). The number of carbonyl (C=O) groups excluding carboxylic acids is 2. The lowest BCUT2D eigenvalue weighted by Crippen LogP contribution is -2.30. The first-order chi connectivity index (χ1) is 7.63. The summed E-state index contributed by atoms with van der Waals surface area (Å²) in [5, 5.41) is 10.2. The topological polar surface area (TPSA) is 70.2 Å². The first-order valence-corrected chi connectivity index (χ1v) is 5.76. The van der Waals surface area contributed by atoms with Crippen LogP contribution in [0.15, 0.2) is 11.4 Å². The van der Waals surface area contributed by atoms with E-state index in [1.54, 1.807) is 18.4 Å². The lowest BCUT2D eigenvalue weighted by Gasteiger charge is -2.05. The third kappa shape index (κ3) is 4.00. The molecule has 1 aromatic rings. The van der Waals surface area contributed by atoms with Gasteiger partial charge in [-0.2, -0.15) is 0 Å². The molecule has 0 saturated heterocycles. The molecule has 0 fully saturated rings. The van der Waals surface area contributed by atoms with E-state index in [1.807, 2.05) is 11.4 Å². The van der Waals surface area contributed by atoms with Gasteiger partial charge in [0.1, 0.15) is 0 Å². The molecule has 0 radical (unpaired) electrons. The zero-order valence-electron chi connectivity index (χ0n) is 9.29. The van der Waals surface area contributed by atoms with Gasteiger partial charge in [0.25, 0.3) is 0 Å². The third-order valence-corrected chi connectivity index (χ3v) is 2.83. The summed E-state index contributed by atoms with van der Waals surface area (Å²) in [7, 11) is 1.60. The lowest BCUT2D eigenvalue weighted by molar-refractivity contribution is -0.119. The number of thiophene rings is 1. The molecule has 0 aliphatic heterocycles. The van der Waals surface area contributed by atoms with Crippen LogP contribution in [0.5, 0.6) is 0 Å². The Bertz CT molecular complexity index is 376. The summed E-state index contributed by atoms with van der Waals surface area (Å²) >= 11 is 1.54. The fourth-order valence-electron chi connectivity index (χ4n) is 1.16. The molecule has 0 aliphatic rings. The van der Waals surface area contributed by atoms with Crippen LogP contribution in [0.4, 0.5) is 5.69 Å². The number of nitrogens with one attached hydrogen (secondary N) is 3. The molecule has 6 heteroatoms. The second-order valence-corrected chi connectivity index (χ2v) is 4.22. The second kappa shape index (κ2) is 6.24. The molecule has 0 saturated carbocycles. The van der Waals surface area contributed by atoms with E-state index in [1.165, 1.54) is 6.92 Å². The third-order valence-electron chi connectivity index (χ3n) is 1.91. The fraction of sp³-hybridized carbons (Fsp3) is 0.400. The SMILES string of the molecule is CNC(=O)CNCc1sccc1NC(C)=O. The average Bonchev–Trinajstić information content (AvgIpc) is 2.64. The van der Waals surface area contributed by atoms with Crippen molar-refractivity contribution in [1.29, 1.82) is 0 Å². The summed E-state index contributed by atoms with van der Waals surface area (Å²) in [5.41, 5.74) is 0.807. The Labute approximate surface area is 98.2 Å². The van der Waals surface area contributed by atoms with Gasteiger partial charge in [0.2, 0.25) is 11.8 Å². The van der Waals surface area contributed by atoms with Crippen LogP contribution in [0.1, 0.15) is 11.8 Å². The maximum absolute atomic E-state index is 11.0. The van der Waals surface area contributed by atoms with E-state index in [0.29, 0.717) is 6.54 Å². The van der Waals surface area contributed by atoms with Gasteiger partial charge in [0, 0.05) is 25.4 Å². The summed E-state index contributed by atoms with van der Waals surface area (Å²) < 4.78 is 0. The van der Waals surface area contributed by atoms with E-state index < -0.39 is 0 Å². The van der Waals surface area contributed by atoms with Crippen LogP contribution in [0.3, 0.4) is 0 Å².